The van der Waals surface area contributed by atoms with Crippen molar-refractivity contribution in [2.75, 3.05) is 19.7 Å². The fourth-order valence-electron chi connectivity index (χ4n) is 2.28. The zero-order valence-electron chi connectivity index (χ0n) is 7.91. The van der Waals surface area contributed by atoms with E-state index in [9.17, 15) is 4.79 Å². The van der Waals surface area contributed by atoms with Gasteiger partial charge in [-0.2, -0.15) is 0 Å². The molecule has 2 rings (SSSR count). The summed E-state index contributed by atoms with van der Waals surface area (Å²) >= 11 is 0. The van der Waals surface area contributed by atoms with Gasteiger partial charge in [0.2, 0.25) is 5.91 Å². The minimum absolute atomic E-state index is 0.142. The topological polar surface area (TPSA) is 40.5 Å². The maximum absolute atomic E-state index is 11.8. The third-order valence-corrected chi connectivity index (χ3v) is 3.39. The Balaban J connectivity index is 1.89. The molecule has 74 valence electrons. The average molecular weight is 183 g/mol. The molecule has 1 aliphatic carbocycles. The second-order valence-electron chi connectivity index (χ2n) is 4.16. The molecule has 0 unspecified atom stereocenters. The summed E-state index contributed by atoms with van der Waals surface area (Å²) < 4.78 is 0. The van der Waals surface area contributed by atoms with Crippen molar-refractivity contribution in [2.45, 2.75) is 25.7 Å². The quantitative estimate of drug-likeness (QED) is 0.682. The molecule has 1 aliphatic heterocycles. The van der Waals surface area contributed by atoms with E-state index in [2.05, 4.69) is 0 Å². The van der Waals surface area contributed by atoms with E-state index in [0.29, 0.717) is 5.91 Å². The van der Waals surface area contributed by atoms with Crippen LogP contribution in [0.1, 0.15) is 25.7 Å². The number of likely N-dealkylation sites (tertiary alicyclic amines) is 1. The van der Waals surface area contributed by atoms with Crippen LogP contribution in [0.3, 0.4) is 0 Å². The van der Waals surface area contributed by atoms with E-state index in [4.69, 9.17) is 5.11 Å². The van der Waals surface area contributed by atoms with Crippen LogP contribution in [0, 0.1) is 11.8 Å². The fourth-order valence-corrected chi connectivity index (χ4v) is 2.28. The van der Waals surface area contributed by atoms with Crippen LogP contribution in [0.25, 0.3) is 0 Å². The number of carbonyl (C=O) groups excluding carboxylic acids is 1. The number of carbonyl (C=O) groups is 1. The first-order chi connectivity index (χ1) is 6.33. The van der Waals surface area contributed by atoms with Crippen LogP contribution in [-0.2, 0) is 4.79 Å². The molecular weight excluding hydrogens is 166 g/mol. The lowest BCUT2D eigenvalue weighted by Crippen LogP contribution is -2.43. The first-order valence-corrected chi connectivity index (χ1v) is 5.22. The van der Waals surface area contributed by atoms with Gasteiger partial charge in [0.05, 0.1) is 0 Å². The average Bonchev–Trinajstić information content (AvgIpc) is 2.54. The molecule has 1 saturated carbocycles. The summed E-state index contributed by atoms with van der Waals surface area (Å²) in [4.78, 5) is 13.8. The van der Waals surface area contributed by atoms with Crippen molar-refractivity contribution in [3.05, 3.63) is 0 Å². The van der Waals surface area contributed by atoms with Gasteiger partial charge in [-0.25, -0.2) is 0 Å². The summed E-state index contributed by atoms with van der Waals surface area (Å²) in [5.74, 6) is 0.694. The minimum atomic E-state index is 0.142. The Labute approximate surface area is 78.7 Å². The number of hydrogen-bond donors (Lipinski definition) is 1. The second-order valence-corrected chi connectivity index (χ2v) is 4.16. The van der Waals surface area contributed by atoms with Crippen LogP contribution in [0.2, 0.25) is 0 Å². The van der Waals surface area contributed by atoms with Crippen molar-refractivity contribution in [2.24, 2.45) is 11.8 Å². The Morgan fingerprint density at radius 3 is 2.46 bits per heavy atom. The normalized spacial score (nSPS) is 33.2. The summed E-state index contributed by atoms with van der Waals surface area (Å²) in [5.41, 5.74) is 0. The number of aliphatic hydroxyl groups excluding tert-OH is 1. The molecule has 2 atom stereocenters. The molecule has 2 fully saturated rings. The zero-order chi connectivity index (χ0) is 9.26. The summed E-state index contributed by atoms with van der Waals surface area (Å²) in [5, 5.41) is 8.98. The molecule has 1 heterocycles. The summed E-state index contributed by atoms with van der Waals surface area (Å²) in [6.07, 6.45) is 4.33. The molecule has 0 spiro atoms. The molecule has 2 aliphatic rings. The molecule has 3 heteroatoms. The largest absolute Gasteiger partial charge is 0.396 e. The molecule has 0 aromatic heterocycles. The van der Waals surface area contributed by atoms with Gasteiger partial charge in [0.15, 0.2) is 0 Å². The van der Waals surface area contributed by atoms with Crippen molar-refractivity contribution in [1.29, 1.82) is 0 Å². The molecule has 0 aromatic rings. The van der Waals surface area contributed by atoms with Gasteiger partial charge in [-0.15, -0.1) is 0 Å². The number of aliphatic hydroxyl groups is 1. The highest BCUT2D eigenvalue weighted by atomic mass is 16.3. The smallest absolute Gasteiger partial charge is 0.226 e. The third kappa shape index (κ3) is 1.57. The number of nitrogens with zero attached hydrogens (tertiary/aromatic N) is 1. The molecule has 1 N–H and O–H groups in total. The van der Waals surface area contributed by atoms with Gasteiger partial charge < -0.3 is 10.0 Å². The Morgan fingerprint density at radius 2 is 2.00 bits per heavy atom. The monoisotopic (exact) mass is 183 g/mol. The van der Waals surface area contributed by atoms with Crippen LogP contribution in [0.4, 0.5) is 0 Å². The Hall–Kier alpha value is -0.570. The highest BCUT2D eigenvalue weighted by Crippen LogP contribution is 2.35. The molecule has 0 aromatic carbocycles. The van der Waals surface area contributed by atoms with E-state index in [0.717, 1.165) is 38.8 Å². The molecule has 3 nitrogen and oxygen atoms in total. The van der Waals surface area contributed by atoms with Crippen LogP contribution < -0.4 is 0 Å². The lowest BCUT2D eigenvalue weighted by atomic mass is 9.73. The molecular formula is C10H17NO2. The van der Waals surface area contributed by atoms with Gasteiger partial charge in [-0.05, 0) is 31.6 Å². The molecule has 0 radical (unpaired) electrons. The van der Waals surface area contributed by atoms with Crippen LogP contribution in [0.5, 0.6) is 0 Å². The number of amides is 1. The predicted molar refractivity (Wildman–Crippen MR) is 49.1 cm³/mol. The lowest BCUT2D eigenvalue weighted by molar-refractivity contribution is -0.141. The zero-order valence-corrected chi connectivity index (χ0v) is 7.91. The SMILES string of the molecule is O=C([C@@H]1CC[C@H]1CO)N1CCCC1. The second kappa shape index (κ2) is 3.66. The van der Waals surface area contributed by atoms with E-state index in [1.165, 1.54) is 0 Å². The molecule has 0 bridgehead atoms. The standard InChI is InChI=1S/C10H17NO2/c12-7-8-3-4-9(8)10(13)11-5-1-2-6-11/h8-9,12H,1-7H2/t8-,9+/m0/s1. The maximum Gasteiger partial charge on any atom is 0.226 e. The highest BCUT2D eigenvalue weighted by Gasteiger charge is 2.38. The predicted octanol–water partition coefficient (Wildman–Crippen LogP) is 0.627. The van der Waals surface area contributed by atoms with Crippen LogP contribution in [0.15, 0.2) is 0 Å². The summed E-state index contributed by atoms with van der Waals surface area (Å²) in [7, 11) is 0. The molecule has 13 heavy (non-hydrogen) atoms. The Morgan fingerprint density at radius 1 is 1.31 bits per heavy atom. The van der Waals surface area contributed by atoms with E-state index < -0.39 is 0 Å². The Kier molecular flexibility index (Phi) is 2.54. The fraction of sp³-hybridized carbons (Fsp3) is 0.900. The van der Waals surface area contributed by atoms with Crippen LogP contribution in [-0.4, -0.2) is 35.6 Å². The first kappa shape index (κ1) is 9.00. The van der Waals surface area contributed by atoms with Crippen molar-refractivity contribution in [3.63, 3.8) is 0 Å². The summed E-state index contributed by atoms with van der Waals surface area (Å²) in [6.45, 7) is 2.06. The maximum atomic E-state index is 11.8. The van der Waals surface area contributed by atoms with E-state index in [1.807, 2.05) is 4.90 Å². The van der Waals surface area contributed by atoms with Crippen molar-refractivity contribution < 1.29 is 9.90 Å². The Bertz CT molecular complexity index is 197. The number of hydrogen-bond acceptors (Lipinski definition) is 2. The van der Waals surface area contributed by atoms with E-state index >= 15 is 0 Å². The first-order valence-electron chi connectivity index (χ1n) is 5.22. The van der Waals surface area contributed by atoms with Crippen molar-refractivity contribution in [3.8, 4) is 0 Å². The highest BCUT2D eigenvalue weighted by molar-refractivity contribution is 5.80. The van der Waals surface area contributed by atoms with Gasteiger partial charge >= 0.3 is 0 Å². The van der Waals surface area contributed by atoms with Gasteiger partial charge in [-0.3, -0.25) is 4.79 Å². The van der Waals surface area contributed by atoms with Gasteiger partial charge in [0.1, 0.15) is 0 Å². The molecule has 1 saturated heterocycles. The minimum Gasteiger partial charge on any atom is -0.396 e. The van der Waals surface area contributed by atoms with Crippen molar-refractivity contribution in [1.82, 2.24) is 4.90 Å². The summed E-state index contributed by atoms with van der Waals surface area (Å²) in [6, 6.07) is 0. The van der Waals surface area contributed by atoms with E-state index in [1.54, 1.807) is 0 Å². The van der Waals surface area contributed by atoms with Gasteiger partial charge in [0.25, 0.3) is 0 Å². The van der Waals surface area contributed by atoms with Gasteiger partial charge in [0, 0.05) is 25.6 Å². The molecule has 1 amide bonds. The number of rotatable bonds is 2. The van der Waals surface area contributed by atoms with E-state index in [-0.39, 0.29) is 18.4 Å². The lowest BCUT2D eigenvalue weighted by Gasteiger charge is -2.36. The van der Waals surface area contributed by atoms with Crippen LogP contribution >= 0.6 is 0 Å². The third-order valence-electron chi connectivity index (χ3n) is 3.39. The van der Waals surface area contributed by atoms with Gasteiger partial charge in [-0.1, -0.05) is 0 Å². The van der Waals surface area contributed by atoms with Crippen molar-refractivity contribution >= 4 is 5.91 Å².